The summed E-state index contributed by atoms with van der Waals surface area (Å²) in [6.07, 6.45) is 3.29. The van der Waals surface area contributed by atoms with Crippen molar-refractivity contribution in [1.82, 2.24) is 0 Å². The van der Waals surface area contributed by atoms with Crippen LogP contribution in [0.4, 0.5) is 0 Å². The number of hydrogen-bond donors (Lipinski definition) is 1. The SMILES string of the molecule is CCCCC(=NC)c1cccc(O)c1. The van der Waals surface area contributed by atoms with Gasteiger partial charge in [0.05, 0.1) is 0 Å². The van der Waals surface area contributed by atoms with Crippen molar-refractivity contribution in [3.05, 3.63) is 29.8 Å². The monoisotopic (exact) mass is 191 g/mol. The lowest BCUT2D eigenvalue weighted by Gasteiger charge is -2.05. The van der Waals surface area contributed by atoms with Crippen LogP contribution in [0.1, 0.15) is 31.7 Å². The first-order valence-corrected chi connectivity index (χ1v) is 5.03. The summed E-state index contributed by atoms with van der Waals surface area (Å²) < 4.78 is 0. The van der Waals surface area contributed by atoms with Gasteiger partial charge in [0.15, 0.2) is 0 Å². The second-order valence-electron chi connectivity index (χ2n) is 3.32. The highest BCUT2D eigenvalue weighted by Gasteiger charge is 2.02. The number of nitrogens with zero attached hydrogens (tertiary/aromatic N) is 1. The normalized spacial score (nSPS) is 11.7. The molecule has 1 N–H and O–H groups in total. The summed E-state index contributed by atoms with van der Waals surface area (Å²) in [5, 5.41) is 9.33. The van der Waals surface area contributed by atoms with Gasteiger partial charge in [-0.05, 0) is 30.5 Å². The van der Waals surface area contributed by atoms with Crippen LogP contribution in [0.2, 0.25) is 0 Å². The lowest BCUT2D eigenvalue weighted by molar-refractivity contribution is 0.475. The van der Waals surface area contributed by atoms with Gasteiger partial charge in [0.1, 0.15) is 5.75 Å². The summed E-state index contributed by atoms with van der Waals surface area (Å²) in [6.45, 7) is 2.16. The van der Waals surface area contributed by atoms with Crippen LogP contribution in [0.15, 0.2) is 29.3 Å². The lowest BCUT2D eigenvalue weighted by atomic mass is 10.0. The summed E-state index contributed by atoms with van der Waals surface area (Å²) in [6, 6.07) is 7.27. The molecule has 0 bridgehead atoms. The van der Waals surface area contributed by atoms with E-state index in [0.29, 0.717) is 5.75 Å². The van der Waals surface area contributed by atoms with Gasteiger partial charge in [-0.25, -0.2) is 0 Å². The standard InChI is InChI=1S/C12H17NO/c1-3-4-8-12(13-2)10-6-5-7-11(14)9-10/h5-7,9,14H,3-4,8H2,1-2H3. The molecule has 0 atom stereocenters. The number of unbranched alkanes of at least 4 members (excludes halogenated alkanes) is 1. The Morgan fingerprint density at radius 3 is 2.79 bits per heavy atom. The Kier molecular flexibility index (Phi) is 4.17. The molecule has 1 aromatic rings. The van der Waals surface area contributed by atoms with E-state index in [9.17, 15) is 5.11 Å². The number of phenols is 1. The Morgan fingerprint density at radius 1 is 1.43 bits per heavy atom. The number of rotatable bonds is 4. The number of aliphatic imine (C=N–C) groups is 1. The first-order valence-electron chi connectivity index (χ1n) is 5.03. The third kappa shape index (κ3) is 2.87. The first-order chi connectivity index (χ1) is 6.77. The summed E-state index contributed by atoms with van der Waals surface area (Å²) in [5.41, 5.74) is 2.10. The molecule has 1 rings (SSSR count). The van der Waals surface area contributed by atoms with Crippen LogP contribution in [-0.2, 0) is 0 Å². The Balaban J connectivity index is 2.79. The van der Waals surface area contributed by atoms with E-state index >= 15 is 0 Å². The van der Waals surface area contributed by atoms with E-state index in [4.69, 9.17) is 0 Å². The van der Waals surface area contributed by atoms with Crippen molar-refractivity contribution in [2.24, 2.45) is 4.99 Å². The lowest BCUT2D eigenvalue weighted by Crippen LogP contribution is -2.00. The molecule has 0 aromatic heterocycles. The van der Waals surface area contributed by atoms with Crippen molar-refractivity contribution in [3.8, 4) is 5.75 Å². The third-order valence-corrected chi connectivity index (χ3v) is 2.22. The number of benzene rings is 1. The van der Waals surface area contributed by atoms with Gasteiger partial charge in [-0.15, -0.1) is 0 Å². The molecular weight excluding hydrogens is 174 g/mol. The molecule has 0 aliphatic heterocycles. The van der Waals surface area contributed by atoms with E-state index in [1.807, 2.05) is 12.1 Å². The highest BCUT2D eigenvalue weighted by Crippen LogP contribution is 2.14. The zero-order valence-corrected chi connectivity index (χ0v) is 8.83. The number of hydrogen-bond acceptors (Lipinski definition) is 2. The Bertz CT molecular complexity index is 318. The molecule has 2 nitrogen and oxygen atoms in total. The third-order valence-electron chi connectivity index (χ3n) is 2.22. The van der Waals surface area contributed by atoms with E-state index in [1.54, 1.807) is 19.2 Å². The van der Waals surface area contributed by atoms with Crippen molar-refractivity contribution < 1.29 is 5.11 Å². The van der Waals surface area contributed by atoms with E-state index in [-0.39, 0.29) is 0 Å². The van der Waals surface area contributed by atoms with E-state index in [0.717, 1.165) is 30.5 Å². The molecule has 2 heteroatoms. The highest BCUT2D eigenvalue weighted by atomic mass is 16.3. The average Bonchev–Trinajstić information content (AvgIpc) is 2.19. The largest absolute Gasteiger partial charge is 0.508 e. The Hall–Kier alpha value is -1.31. The van der Waals surface area contributed by atoms with E-state index in [1.165, 1.54) is 0 Å². The summed E-state index contributed by atoms with van der Waals surface area (Å²) >= 11 is 0. The molecule has 0 saturated heterocycles. The van der Waals surface area contributed by atoms with Crippen molar-refractivity contribution in [2.45, 2.75) is 26.2 Å². The van der Waals surface area contributed by atoms with Crippen LogP contribution in [-0.4, -0.2) is 17.9 Å². The smallest absolute Gasteiger partial charge is 0.116 e. The highest BCUT2D eigenvalue weighted by molar-refractivity contribution is 6.00. The van der Waals surface area contributed by atoms with Crippen LogP contribution < -0.4 is 0 Å². The minimum Gasteiger partial charge on any atom is -0.508 e. The second kappa shape index (κ2) is 5.43. The number of phenolic OH excluding ortho intramolecular Hbond substituents is 1. The van der Waals surface area contributed by atoms with Gasteiger partial charge in [-0.3, -0.25) is 4.99 Å². The van der Waals surface area contributed by atoms with E-state index in [2.05, 4.69) is 11.9 Å². The zero-order chi connectivity index (χ0) is 10.4. The summed E-state index contributed by atoms with van der Waals surface area (Å²) in [4.78, 5) is 4.24. The van der Waals surface area contributed by atoms with Gasteiger partial charge in [-0.1, -0.05) is 25.5 Å². The van der Waals surface area contributed by atoms with Crippen molar-refractivity contribution in [1.29, 1.82) is 0 Å². The molecule has 0 fully saturated rings. The predicted octanol–water partition coefficient (Wildman–Crippen LogP) is 3.00. The van der Waals surface area contributed by atoms with Crippen LogP contribution in [0, 0.1) is 0 Å². The average molecular weight is 191 g/mol. The van der Waals surface area contributed by atoms with Crippen LogP contribution in [0.25, 0.3) is 0 Å². The van der Waals surface area contributed by atoms with Crippen LogP contribution in [0.3, 0.4) is 0 Å². The minimum absolute atomic E-state index is 0.306. The fourth-order valence-corrected chi connectivity index (χ4v) is 1.41. The predicted molar refractivity (Wildman–Crippen MR) is 60.1 cm³/mol. The van der Waals surface area contributed by atoms with Crippen molar-refractivity contribution >= 4 is 5.71 Å². The molecule has 0 amide bonds. The molecule has 0 unspecified atom stereocenters. The molecule has 76 valence electrons. The van der Waals surface area contributed by atoms with Crippen LogP contribution in [0.5, 0.6) is 5.75 Å². The number of aromatic hydroxyl groups is 1. The molecule has 0 heterocycles. The second-order valence-corrected chi connectivity index (χ2v) is 3.32. The molecule has 0 saturated carbocycles. The van der Waals surface area contributed by atoms with Gasteiger partial charge in [0, 0.05) is 12.8 Å². The Labute approximate surface area is 85.3 Å². The maximum absolute atomic E-state index is 9.33. The minimum atomic E-state index is 0.306. The van der Waals surface area contributed by atoms with Gasteiger partial charge in [0.25, 0.3) is 0 Å². The fraction of sp³-hybridized carbons (Fsp3) is 0.417. The molecule has 0 aliphatic carbocycles. The van der Waals surface area contributed by atoms with Crippen molar-refractivity contribution in [3.63, 3.8) is 0 Å². The molecule has 1 aromatic carbocycles. The Morgan fingerprint density at radius 2 is 2.21 bits per heavy atom. The molecular formula is C12H17NO. The maximum Gasteiger partial charge on any atom is 0.116 e. The van der Waals surface area contributed by atoms with Gasteiger partial charge in [0.2, 0.25) is 0 Å². The first kappa shape index (κ1) is 10.8. The molecule has 14 heavy (non-hydrogen) atoms. The fourth-order valence-electron chi connectivity index (χ4n) is 1.41. The van der Waals surface area contributed by atoms with Gasteiger partial charge < -0.3 is 5.11 Å². The maximum atomic E-state index is 9.33. The topological polar surface area (TPSA) is 32.6 Å². The molecule has 0 spiro atoms. The quantitative estimate of drug-likeness (QED) is 0.729. The van der Waals surface area contributed by atoms with Crippen LogP contribution >= 0.6 is 0 Å². The molecule has 0 radical (unpaired) electrons. The van der Waals surface area contributed by atoms with Gasteiger partial charge in [-0.2, -0.15) is 0 Å². The van der Waals surface area contributed by atoms with Gasteiger partial charge >= 0.3 is 0 Å². The summed E-state index contributed by atoms with van der Waals surface area (Å²) in [7, 11) is 1.80. The summed E-state index contributed by atoms with van der Waals surface area (Å²) in [5.74, 6) is 0.306. The van der Waals surface area contributed by atoms with E-state index < -0.39 is 0 Å². The van der Waals surface area contributed by atoms with Crippen molar-refractivity contribution in [2.75, 3.05) is 7.05 Å². The zero-order valence-electron chi connectivity index (χ0n) is 8.83. The molecule has 0 aliphatic rings.